The molecule has 4 aliphatic carbocycles. The molecule has 0 aliphatic heterocycles. The molecular weight excluding hydrogens is 336 g/mol. The summed E-state index contributed by atoms with van der Waals surface area (Å²) in [5, 5.41) is 32.1. The van der Waals surface area contributed by atoms with E-state index in [1.807, 2.05) is 0 Å². The molecule has 6 nitrogen and oxygen atoms in total. The number of aliphatic carboxylic acids is 1. The minimum atomic E-state index is -2.07. The molecule has 2 fully saturated rings. The van der Waals surface area contributed by atoms with Gasteiger partial charge in [-0.2, -0.15) is 0 Å². The molecule has 138 valence electrons. The molecule has 0 aromatic carbocycles. The number of fused-ring (bicyclic) bond motifs is 1. The average Bonchev–Trinajstić information content (AvgIpc) is 3.31. The van der Waals surface area contributed by atoms with Crippen molar-refractivity contribution in [2.24, 2.45) is 22.2 Å². The van der Waals surface area contributed by atoms with Crippen molar-refractivity contribution in [1.82, 2.24) is 0 Å². The summed E-state index contributed by atoms with van der Waals surface area (Å²) in [6.07, 6.45) is 4.23. The molecular formula is C20H22O6. The summed E-state index contributed by atoms with van der Waals surface area (Å²) < 4.78 is 0. The number of carboxylic acids is 1. The van der Waals surface area contributed by atoms with E-state index in [2.05, 4.69) is 6.58 Å². The first-order valence-corrected chi connectivity index (χ1v) is 8.83. The zero-order chi connectivity index (χ0) is 19.3. The van der Waals surface area contributed by atoms with Gasteiger partial charge in [-0.3, -0.25) is 14.4 Å². The Balaban J connectivity index is 2.06. The lowest BCUT2D eigenvalue weighted by Gasteiger charge is -2.51. The maximum atomic E-state index is 13.1. The fraction of sp³-hybridized carbons (Fsp3) is 0.550. The number of carbonyl (C=O) groups is 3. The Kier molecular flexibility index (Phi) is 3.01. The van der Waals surface area contributed by atoms with Crippen LogP contribution in [-0.2, 0) is 14.4 Å². The van der Waals surface area contributed by atoms with Gasteiger partial charge in [-0.1, -0.05) is 19.1 Å². The van der Waals surface area contributed by atoms with E-state index in [9.17, 15) is 29.7 Å². The van der Waals surface area contributed by atoms with E-state index in [1.165, 1.54) is 13.0 Å². The Morgan fingerprint density at radius 3 is 2.58 bits per heavy atom. The van der Waals surface area contributed by atoms with Crippen LogP contribution < -0.4 is 0 Å². The third-order valence-corrected chi connectivity index (χ3v) is 7.19. The van der Waals surface area contributed by atoms with Crippen LogP contribution in [-0.4, -0.2) is 38.5 Å². The monoisotopic (exact) mass is 358 g/mol. The lowest BCUT2D eigenvalue weighted by molar-refractivity contribution is -0.155. The lowest BCUT2D eigenvalue weighted by atomic mass is 9.52. The maximum Gasteiger partial charge on any atom is 0.313 e. The number of hydrogen-bond acceptors (Lipinski definition) is 5. The maximum absolute atomic E-state index is 13.1. The number of carbonyl (C=O) groups excluding carboxylic acids is 2. The Morgan fingerprint density at radius 2 is 2.00 bits per heavy atom. The van der Waals surface area contributed by atoms with E-state index < -0.39 is 45.1 Å². The van der Waals surface area contributed by atoms with Crippen LogP contribution in [0.1, 0.15) is 39.5 Å². The zero-order valence-electron chi connectivity index (χ0n) is 14.8. The normalized spacial score (nSPS) is 46.7. The van der Waals surface area contributed by atoms with Crippen molar-refractivity contribution in [2.75, 3.05) is 0 Å². The van der Waals surface area contributed by atoms with Gasteiger partial charge in [0.2, 0.25) is 5.78 Å². The molecule has 5 atom stereocenters. The van der Waals surface area contributed by atoms with Crippen molar-refractivity contribution >= 4 is 17.5 Å². The Labute approximate surface area is 150 Å². The lowest BCUT2D eigenvalue weighted by Crippen LogP contribution is -2.62. The van der Waals surface area contributed by atoms with Crippen molar-refractivity contribution in [3.63, 3.8) is 0 Å². The smallest absolute Gasteiger partial charge is 0.313 e. The fourth-order valence-electron chi connectivity index (χ4n) is 5.58. The topological polar surface area (TPSA) is 112 Å². The first-order chi connectivity index (χ1) is 12.0. The summed E-state index contributed by atoms with van der Waals surface area (Å²) >= 11 is 0. The molecule has 0 aromatic heterocycles. The number of aliphatic hydroxyl groups is 2. The molecule has 3 unspecified atom stereocenters. The van der Waals surface area contributed by atoms with Crippen LogP contribution in [0.3, 0.4) is 0 Å². The second-order valence-corrected chi connectivity index (χ2v) is 8.68. The summed E-state index contributed by atoms with van der Waals surface area (Å²) in [5.74, 6) is -3.26. The number of carboxylic acid groups (broad SMARTS) is 1. The highest BCUT2D eigenvalue weighted by Crippen LogP contribution is 2.77. The van der Waals surface area contributed by atoms with Gasteiger partial charge in [-0.05, 0) is 32.1 Å². The molecule has 3 N–H and O–H groups in total. The van der Waals surface area contributed by atoms with E-state index in [0.29, 0.717) is 12.8 Å². The number of ketones is 2. The fourth-order valence-corrected chi connectivity index (χ4v) is 5.58. The first-order valence-electron chi connectivity index (χ1n) is 8.83. The van der Waals surface area contributed by atoms with Crippen molar-refractivity contribution in [1.29, 1.82) is 0 Å². The molecule has 2 saturated carbocycles. The molecule has 4 aliphatic rings. The largest absolute Gasteiger partial charge is 0.504 e. The highest BCUT2D eigenvalue weighted by Gasteiger charge is 2.80. The SMILES string of the molecule is C=CC1(C)C=C2C(=O)C(O)=C3C4(CC4CC[C@@]3(C)C(=O)O)[C@]2(O)C(=O)C1. The van der Waals surface area contributed by atoms with Gasteiger partial charge in [0.25, 0.3) is 0 Å². The first kappa shape index (κ1) is 17.2. The van der Waals surface area contributed by atoms with Crippen LogP contribution in [0, 0.1) is 22.2 Å². The summed E-state index contributed by atoms with van der Waals surface area (Å²) in [7, 11) is 0. The quantitative estimate of drug-likeness (QED) is 0.652. The Morgan fingerprint density at radius 1 is 1.35 bits per heavy atom. The molecule has 0 amide bonds. The molecule has 4 rings (SSSR count). The van der Waals surface area contributed by atoms with Gasteiger partial charge in [0.15, 0.2) is 17.1 Å². The Bertz CT molecular complexity index is 866. The summed E-state index contributed by atoms with van der Waals surface area (Å²) in [4.78, 5) is 38.0. The minimum Gasteiger partial charge on any atom is -0.504 e. The third-order valence-electron chi connectivity index (χ3n) is 7.19. The van der Waals surface area contributed by atoms with Crippen LogP contribution >= 0.6 is 0 Å². The van der Waals surface area contributed by atoms with Crippen molar-refractivity contribution < 1.29 is 29.7 Å². The van der Waals surface area contributed by atoms with E-state index in [0.717, 1.165) is 0 Å². The molecule has 0 radical (unpaired) electrons. The zero-order valence-corrected chi connectivity index (χ0v) is 14.8. The van der Waals surface area contributed by atoms with Crippen LogP contribution in [0.25, 0.3) is 0 Å². The van der Waals surface area contributed by atoms with Gasteiger partial charge < -0.3 is 15.3 Å². The number of rotatable bonds is 2. The van der Waals surface area contributed by atoms with Gasteiger partial charge in [0.1, 0.15) is 0 Å². The van der Waals surface area contributed by atoms with Gasteiger partial charge in [0.05, 0.1) is 5.41 Å². The van der Waals surface area contributed by atoms with Gasteiger partial charge >= 0.3 is 5.97 Å². The number of Topliss-reactive ketones (excluding diaryl/α,β-unsaturated/α-hetero) is 2. The molecule has 26 heavy (non-hydrogen) atoms. The van der Waals surface area contributed by atoms with Crippen LogP contribution in [0.5, 0.6) is 0 Å². The second-order valence-electron chi connectivity index (χ2n) is 8.68. The molecule has 0 heterocycles. The molecule has 0 bridgehead atoms. The van der Waals surface area contributed by atoms with Crippen LogP contribution in [0.2, 0.25) is 0 Å². The van der Waals surface area contributed by atoms with Gasteiger partial charge in [0, 0.05) is 28.4 Å². The van der Waals surface area contributed by atoms with Crippen LogP contribution in [0.15, 0.2) is 35.6 Å². The number of aliphatic hydroxyl groups excluding tert-OH is 1. The molecule has 0 aromatic rings. The van der Waals surface area contributed by atoms with Gasteiger partial charge in [-0.15, -0.1) is 6.58 Å². The van der Waals surface area contributed by atoms with Crippen molar-refractivity contribution in [3.8, 4) is 0 Å². The standard InChI is InChI=1S/C20H22O6/c1-4-17(2)8-11-13(22)14(23)15-18(3,16(24)25)6-5-10-7-19(10,15)20(11,26)12(21)9-17/h4,8,10,23,26H,1,5-7,9H2,2-3H3,(H,24,25)/t10?,17?,18-,19?,20-/m1/s1. The van der Waals surface area contributed by atoms with Crippen molar-refractivity contribution in [3.05, 3.63) is 35.6 Å². The summed E-state index contributed by atoms with van der Waals surface area (Å²) in [6, 6.07) is 0. The highest BCUT2D eigenvalue weighted by molar-refractivity contribution is 6.18. The van der Waals surface area contributed by atoms with Crippen molar-refractivity contribution in [2.45, 2.75) is 45.1 Å². The van der Waals surface area contributed by atoms with E-state index in [1.54, 1.807) is 13.0 Å². The van der Waals surface area contributed by atoms with Gasteiger partial charge in [-0.25, -0.2) is 0 Å². The van der Waals surface area contributed by atoms with E-state index in [4.69, 9.17) is 0 Å². The number of hydrogen-bond donors (Lipinski definition) is 3. The molecule has 1 spiro atoms. The predicted molar refractivity (Wildman–Crippen MR) is 91.1 cm³/mol. The summed E-state index contributed by atoms with van der Waals surface area (Å²) in [6.45, 7) is 6.90. The van der Waals surface area contributed by atoms with Crippen LogP contribution in [0.4, 0.5) is 0 Å². The third kappa shape index (κ3) is 1.60. The minimum absolute atomic E-state index is 0.0178. The highest BCUT2D eigenvalue weighted by atomic mass is 16.4. The Hall–Kier alpha value is -2.21. The number of allylic oxidation sites excluding steroid dienone is 3. The second kappa shape index (κ2) is 4.55. The van der Waals surface area contributed by atoms with E-state index in [-0.39, 0.29) is 29.9 Å². The molecule has 6 heteroatoms. The predicted octanol–water partition coefficient (Wildman–Crippen LogP) is 2.09. The molecule has 0 saturated heterocycles. The average molecular weight is 358 g/mol. The van der Waals surface area contributed by atoms with E-state index >= 15 is 0 Å². The summed E-state index contributed by atoms with van der Waals surface area (Å²) in [5.41, 5.74) is -5.63.